The van der Waals surface area contributed by atoms with Crippen LogP contribution in [0.1, 0.15) is 51.5 Å². The van der Waals surface area contributed by atoms with Crippen LogP contribution in [0.25, 0.3) is 0 Å². The molecule has 0 saturated heterocycles. The van der Waals surface area contributed by atoms with Crippen molar-refractivity contribution in [1.82, 2.24) is 0 Å². The van der Waals surface area contributed by atoms with Crippen LogP contribution in [0.2, 0.25) is 0 Å². The molecule has 1 aromatic rings. The summed E-state index contributed by atoms with van der Waals surface area (Å²) in [6.45, 7) is 4.56. The monoisotopic (exact) mass is 231 g/mol. The number of para-hydroxylation sites is 1. The van der Waals surface area contributed by atoms with Gasteiger partial charge in [-0.2, -0.15) is 0 Å². The topological polar surface area (TPSA) is 12.0 Å². The summed E-state index contributed by atoms with van der Waals surface area (Å²) < 4.78 is 0. The van der Waals surface area contributed by atoms with Gasteiger partial charge in [-0.25, -0.2) is 0 Å². The Hall–Kier alpha value is -0.980. The van der Waals surface area contributed by atoms with E-state index in [1.807, 2.05) is 0 Å². The van der Waals surface area contributed by atoms with Gasteiger partial charge in [0.15, 0.2) is 0 Å². The molecule has 1 aliphatic rings. The van der Waals surface area contributed by atoms with Crippen molar-refractivity contribution in [2.24, 2.45) is 5.92 Å². The van der Waals surface area contributed by atoms with E-state index in [2.05, 4.69) is 43.4 Å². The van der Waals surface area contributed by atoms with Gasteiger partial charge in [0.2, 0.25) is 0 Å². The van der Waals surface area contributed by atoms with E-state index in [0.717, 1.165) is 12.3 Å². The number of benzene rings is 1. The molecule has 0 amide bonds. The molecular formula is C16H25N. The third-order valence-electron chi connectivity index (χ3n) is 4.17. The van der Waals surface area contributed by atoms with Crippen LogP contribution in [0.15, 0.2) is 24.3 Å². The first-order chi connectivity index (χ1) is 8.35. The Morgan fingerprint density at radius 1 is 1.12 bits per heavy atom. The number of hydrogen-bond acceptors (Lipinski definition) is 1. The smallest absolute Gasteiger partial charge is 0.0374 e. The van der Waals surface area contributed by atoms with Crippen LogP contribution in [0, 0.1) is 5.92 Å². The second-order valence-corrected chi connectivity index (χ2v) is 5.21. The molecule has 1 aliphatic carbocycles. The zero-order valence-corrected chi connectivity index (χ0v) is 11.2. The van der Waals surface area contributed by atoms with Gasteiger partial charge in [-0.1, -0.05) is 51.3 Å². The first kappa shape index (κ1) is 12.5. The maximum Gasteiger partial charge on any atom is 0.0374 e. The lowest BCUT2D eigenvalue weighted by Gasteiger charge is -2.33. The standard InChI is InChI=1S/C16H25N/c1-3-13-9-5-7-11-15(13)17-16-12-8-6-10-14(16)4-2/h5,7,9,11,14,16-17H,3-4,6,8,10,12H2,1-2H3. The largest absolute Gasteiger partial charge is 0.382 e. The van der Waals surface area contributed by atoms with Crippen molar-refractivity contribution in [3.05, 3.63) is 29.8 Å². The van der Waals surface area contributed by atoms with E-state index in [4.69, 9.17) is 0 Å². The highest BCUT2D eigenvalue weighted by Gasteiger charge is 2.23. The maximum atomic E-state index is 3.80. The minimum Gasteiger partial charge on any atom is -0.382 e. The van der Waals surface area contributed by atoms with Gasteiger partial charge in [-0.05, 0) is 36.8 Å². The molecule has 1 heteroatoms. The molecule has 0 spiro atoms. The van der Waals surface area contributed by atoms with Gasteiger partial charge < -0.3 is 5.32 Å². The normalized spacial score (nSPS) is 24.6. The molecule has 2 rings (SSSR count). The van der Waals surface area contributed by atoms with E-state index in [1.165, 1.54) is 43.4 Å². The molecule has 1 aromatic carbocycles. The Labute approximate surface area is 106 Å². The summed E-state index contributed by atoms with van der Waals surface area (Å²) in [5.74, 6) is 0.869. The summed E-state index contributed by atoms with van der Waals surface area (Å²) >= 11 is 0. The molecule has 0 aliphatic heterocycles. The van der Waals surface area contributed by atoms with Crippen molar-refractivity contribution >= 4 is 5.69 Å². The van der Waals surface area contributed by atoms with E-state index < -0.39 is 0 Å². The van der Waals surface area contributed by atoms with Crippen LogP contribution in [0.3, 0.4) is 0 Å². The van der Waals surface area contributed by atoms with Crippen LogP contribution in [0.5, 0.6) is 0 Å². The highest BCUT2D eigenvalue weighted by Crippen LogP contribution is 2.30. The van der Waals surface area contributed by atoms with Gasteiger partial charge >= 0.3 is 0 Å². The lowest BCUT2D eigenvalue weighted by Crippen LogP contribution is -2.32. The second-order valence-electron chi connectivity index (χ2n) is 5.21. The Morgan fingerprint density at radius 2 is 1.88 bits per heavy atom. The van der Waals surface area contributed by atoms with Gasteiger partial charge in [0.05, 0.1) is 0 Å². The van der Waals surface area contributed by atoms with Gasteiger partial charge in [0.25, 0.3) is 0 Å². The SMILES string of the molecule is CCc1ccccc1NC1CCCCC1CC. The Morgan fingerprint density at radius 3 is 2.65 bits per heavy atom. The lowest BCUT2D eigenvalue weighted by molar-refractivity contribution is 0.317. The second kappa shape index (κ2) is 6.09. The minimum absolute atomic E-state index is 0.696. The fourth-order valence-electron chi connectivity index (χ4n) is 3.06. The molecule has 1 N–H and O–H groups in total. The highest BCUT2D eigenvalue weighted by molar-refractivity contribution is 5.51. The van der Waals surface area contributed by atoms with E-state index in [0.29, 0.717) is 6.04 Å². The fraction of sp³-hybridized carbons (Fsp3) is 0.625. The van der Waals surface area contributed by atoms with Gasteiger partial charge in [0.1, 0.15) is 0 Å². The first-order valence-corrected chi connectivity index (χ1v) is 7.19. The van der Waals surface area contributed by atoms with E-state index in [-0.39, 0.29) is 0 Å². The number of anilines is 1. The maximum absolute atomic E-state index is 3.80. The van der Waals surface area contributed by atoms with Crippen LogP contribution in [-0.4, -0.2) is 6.04 Å². The molecule has 94 valence electrons. The zero-order valence-electron chi connectivity index (χ0n) is 11.2. The summed E-state index contributed by atoms with van der Waals surface area (Å²) in [6, 6.07) is 9.46. The number of hydrogen-bond donors (Lipinski definition) is 1. The van der Waals surface area contributed by atoms with Crippen molar-refractivity contribution < 1.29 is 0 Å². The highest BCUT2D eigenvalue weighted by atomic mass is 14.9. The Bertz CT molecular complexity index is 345. The van der Waals surface area contributed by atoms with Gasteiger partial charge in [0, 0.05) is 11.7 Å². The average Bonchev–Trinajstić information content (AvgIpc) is 2.40. The predicted octanol–water partition coefficient (Wildman–Crippen LogP) is 4.63. The summed E-state index contributed by atoms with van der Waals surface area (Å²) in [5, 5.41) is 3.80. The first-order valence-electron chi connectivity index (χ1n) is 7.19. The molecular weight excluding hydrogens is 206 g/mol. The lowest BCUT2D eigenvalue weighted by atomic mass is 9.82. The van der Waals surface area contributed by atoms with Gasteiger partial charge in [-0.15, -0.1) is 0 Å². The summed E-state index contributed by atoms with van der Waals surface area (Å²) in [6.07, 6.45) is 7.99. The summed E-state index contributed by atoms with van der Waals surface area (Å²) in [4.78, 5) is 0. The molecule has 2 unspecified atom stereocenters. The molecule has 0 heterocycles. The molecule has 1 saturated carbocycles. The fourth-order valence-corrected chi connectivity index (χ4v) is 3.06. The summed E-state index contributed by atoms with van der Waals surface area (Å²) in [5.41, 5.74) is 2.81. The average molecular weight is 231 g/mol. The van der Waals surface area contributed by atoms with Crippen molar-refractivity contribution in [1.29, 1.82) is 0 Å². The quantitative estimate of drug-likeness (QED) is 0.796. The van der Waals surface area contributed by atoms with Crippen molar-refractivity contribution in [2.45, 2.75) is 58.4 Å². The third kappa shape index (κ3) is 3.02. The van der Waals surface area contributed by atoms with E-state index >= 15 is 0 Å². The predicted molar refractivity (Wildman–Crippen MR) is 75.5 cm³/mol. The molecule has 0 bridgehead atoms. The van der Waals surface area contributed by atoms with E-state index in [9.17, 15) is 0 Å². The van der Waals surface area contributed by atoms with Crippen LogP contribution >= 0.6 is 0 Å². The Balaban J connectivity index is 2.08. The van der Waals surface area contributed by atoms with Crippen molar-refractivity contribution in [3.8, 4) is 0 Å². The molecule has 0 radical (unpaired) electrons. The van der Waals surface area contributed by atoms with Crippen molar-refractivity contribution in [3.63, 3.8) is 0 Å². The third-order valence-corrected chi connectivity index (χ3v) is 4.17. The molecule has 1 nitrogen and oxygen atoms in total. The Kier molecular flexibility index (Phi) is 4.47. The molecule has 1 fully saturated rings. The molecule has 2 atom stereocenters. The van der Waals surface area contributed by atoms with Crippen LogP contribution < -0.4 is 5.32 Å². The van der Waals surface area contributed by atoms with Gasteiger partial charge in [-0.3, -0.25) is 0 Å². The number of nitrogens with one attached hydrogen (secondary N) is 1. The van der Waals surface area contributed by atoms with Crippen molar-refractivity contribution in [2.75, 3.05) is 5.32 Å². The van der Waals surface area contributed by atoms with Crippen LogP contribution in [-0.2, 0) is 6.42 Å². The minimum atomic E-state index is 0.696. The zero-order chi connectivity index (χ0) is 12.1. The number of rotatable bonds is 4. The number of aryl methyl sites for hydroxylation is 1. The van der Waals surface area contributed by atoms with Crippen LogP contribution in [0.4, 0.5) is 5.69 Å². The molecule has 17 heavy (non-hydrogen) atoms. The molecule has 0 aromatic heterocycles. The summed E-state index contributed by atoms with van der Waals surface area (Å²) in [7, 11) is 0. The van der Waals surface area contributed by atoms with E-state index in [1.54, 1.807) is 0 Å².